The van der Waals surface area contributed by atoms with Crippen LogP contribution in [0.15, 0.2) is 53.6 Å². The molecule has 2 aromatic heterocycles. The Morgan fingerprint density at radius 3 is 2.69 bits per heavy atom. The first-order valence-corrected chi connectivity index (χ1v) is 16.3. The molecule has 1 aliphatic heterocycles. The van der Waals surface area contributed by atoms with Crippen molar-refractivity contribution < 1.29 is 17.9 Å². The van der Waals surface area contributed by atoms with E-state index in [0.717, 1.165) is 0 Å². The number of alkyl halides is 1. The maximum atomic E-state index is 14.2. The van der Waals surface area contributed by atoms with Crippen LogP contribution in [0, 0.1) is 5.82 Å². The normalized spacial score (nSPS) is 19.1. The summed E-state index contributed by atoms with van der Waals surface area (Å²) >= 11 is 6.10. The lowest BCUT2D eigenvalue weighted by atomic mass is 10.1. The summed E-state index contributed by atoms with van der Waals surface area (Å²) in [5.74, 6) is -0.243. The van der Waals surface area contributed by atoms with Crippen LogP contribution in [0.1, 0.15) is 38.8 Å². The summed E-state index contributed by atoms with van der Waals surface area (Å²) in [5.41, 5.74) is 1.50. The third-order valence-electron chi connectivity index (χ3n) is 7.57. The van der Waals surface area contributed by atoms with Gasteiger partial charge in [0, 0.05) is 30.6 Å². The molecule has 39 heavy (non-hydrogen) atoms. The average molecular weight is 577 g/mol. The van der Waals surface area contributed by atoms with Gasteiger partial charge in [-0.05, 0) is 54.4 Å². The number of nitrogens with one attached hydrogen (secondary N) is 1. The highest BCUT2D eigenvalue weighted by atomic mass is 35.5. The molecular weight excluding hydrogens is 542 g/mol. The summed E-state index contributed by atoms with van der Waals surface area (Å²) in [6.45, 7) is 11.4. The van der Waals surface area contributed by atoms with Crippen LogP contribution in [0.25, 0.3) is 11.3 Å². The van der Waals surface area contributed by atoms with Crippen LogP contribution in [0.2, 0.25) is 23.2 Å². The van der Waals surface area contributed by atoms with E-state index in [0.29, 0.717) is 29.8 Å². The first kappa shape index (κ1) is 29.3. The van der Waals surface area contributed by atoms with E-state index in [9.17, 15) is 13.6 Å². The van der Waals surface area contributed by atoms with Crippen molar-refractivity contribution in [3.05, 3.63) is 75.5 Å². The number of nitrogens with zero attached hydrogens (tertiary/aromatic N) is 3. The molecule has 0 bridgehead atoms. The van der Waals surface area contributed by atoms with Gasteiger partial charge in [-0.25, -0.2) is 18.7 Å². The van der Waals surface area contributed by atoms with Crippen LogP contribution in [0.3, 0.4) is 0 Å². The predicted molar refractivity (Wildman–Crippen MR) is 152 cm³/mol. The van der Waals surface area contributed by atoms with Gasteiger partial charge in [0.2, 0.25) is 5.95 Å². The highest BCUT2D eigenvalue weighted by molar-refractivity contribution is 6.74. The number of benzene rings is 1. The number of rotatable bonds is 8. The summed E-state index contributed by atoms with van der Waals surface area (Å²) in [7, 11) is -2.15. The molecule has 1 fully saturated rings. The van der Waals surface area contributed by atoms with Crippen molar-refractivity contribution in [3.63, 3.8) is 0 Å². The molecule has 7 nitrogen and oxygen atoms in total. The van der Waals surface area contributed by atoms with Crippen molar-refractivity contribution in [1.29, 1.82) is 0 Å². The number of hydrogen-bond acceptors (Lipinski definition) is 6. The van der Waals surface area contributed by atoms with E-state index < -0.39 is 32.4 Å². The van der Waals surface area contributed by atoms with E-state index in [-0.39, 0.29) is 34.8 Å². The number of pyridine rings is 1. The van der Waals surface area contributed by atoms with Crippen LogP contribution < -0.4 is 10.9 Å². The topological polar surface area (TPSA) is 78.3 Å². The lowest BCUT2D eigenvalue weighted by Crippen LogP contribution is -2.43. The Hall–Kier alpha value is -2.66. The van der Waals surface area contributed by atoms with Gasteiger partial charge in [0.1, 0.15) is 12.0 Å². The Morgan fingerprint density at radius 1 is 1.26 bits per heavy atom. The van der Waals surface area contributed by atoms with Crippen molar-refractivity contribution in [1.82, 2.24) is 14.5 Å². The quantitative estimate of drug-likeness (QED) is 0.319. The van der Waals surface area contributed by atoms with Gasteiger partial charge in [-0.3, -0.25) is 4.79 Å². The highest BCUT2D eigenvalue weighted by Crippen LogP contribution is 2.37. The molecule has 0 radical (unpaired) electrons. The number of ether oxygens (including phenoxy) is 1. The molecule has 0 aliphatic carbocycles. The second-order valence-corrected chi connectivity index (χ2v) is 16.5. The molecule has 1 saturated heterocycles. The second-order valence-electron chi connectivity index (χ2n) is 11.3. The Bertz CT molecular complexity index is 1370. The van der Waals surface area contributed by atoms with Gasteiger partial charge in [-0.2, -0.15) is 0 Å². The minimum atomic E-state index is -2.15. The zero-order chi connectivity index (χ0) is 28.4. The number of hydrogen-bond donors (Lipinski definition) is 1. The van der Waals surface area contributed by atoms with Crippen molar-refractivity contribution in [2.45, 2.75) is 63.6 Å². The van der Waals surface area contributed by atoms with Crippen molar-refractivity contribution in [3.8, 4) is 11.3 Å². The van der Waals surface area contributed by atoms with Crippen LogP contribution in [0.5, 0.6) is 0 Å². The summed E-state index contributed by atoms with van der Waals surface area (Å²) in [6, 6.07) is 8.47. The first-order chi connectivity index (χ1) is 18.4. The standard InChI is InChI=1S/C28H35ClF2N4O3Si/c1-28(2,3)39(4,5)38-17-25(19-6-7-21(30)20(29)14-19)35-12-9-18(15-26(35)36)23-8-11-32-27(33-23)34-24-10-13-37-16-22(24)31/h6-9,11-12,14-15,22,24-25H,10,13,16-17H2,1-5H3,(H,32,33,34)/t22-,24-,25-/m1/s1. The van der Waals surface area contributed by atoms with Crippen molar-refractivity contribution in [2.24, 2.45) is 0 Å². The highest BCUT2D eigenvalue weighted by Gasteiger charge is 2.38. The van der Waals surface area contributed by atoms with Crippen molar-refractivity contribution >= 4 is 25.9 Å². The molecule has 3 aromatic rings. The summed E-state index contributed by atoms with van der Waals surface area (Å²) < 4.78 is 41.3. The van der Waals surface area contributed by atoms with E-state index in [4.69, 9.17) is 20.8 Å². The Labute approximate surface area is 233 Å². The maximum Gasteiger partial charge on any atom is 0.251 e. The van der Waals surface area contributed by atoms with E-state index >= 15 is 0 Å². The monoisotopic (exact) mass is 576 g/mol. The van der Waals surface area contributed by atoms with Gasteiger partial charge in [0.25, 0.3) is 5.56 Å². The van der Waals surface area contributed by atoms with E-state index in [1.54, 1.807) is 35.2 Å². The summed E-state index contributed by atoms with van der Waals surface area (Å²) in [5, 5.41) is 3.00. The third-order valence-corrected chi connectivity index (χ3v) is 12.4. The van der Waals surface area contributed by atoms with Crippen LogP contribution in [0.4, 0.5) is 14.7 Å². The molecule has 11 heteroatoms. The SMILES string of the molecule is CC(C)(C)[Si](C)(C)OC[C@H](c1ccc(F)c(Cl)c1)n1ccc(-c2ccnc(N[C@@H]3CCOC[C@H]3F)n2)cc1=O. The molecule has 1 N–H and O–H groups in total. The van der Waals surface area contributed by atoms with Crippen LogP contribution in [-0.4, -0.2) is 54.9 Å². The lowest BCUT2D eigenvalue weighted by Gasteiger charge is -2.37. The van der Waals surface area contributed by atoms with Crippen LogP contribution >= 0.6 is 11.6 Å². The molecule has 0 spiro atoms. The zero-order valence-corrected chi connectivity index (χ0v) is 24.6. The van der Waals surface area contributed by atoms with E-state index in [1.807, 2.05) is 0 Å². The van der Waals surface area contributed by atoms with Crippen molar-refractivity contribution in [2.75, 3.05) is 25.1 Å². The lowest BCUT2D eigenvalue weighted by molar-refractivity contribution is 0.0284. The van der Waals surface area contributed by atoms with Gasteiger partial charge in [0.05, 0.1) is 36.0 Å². The number of aromatic nitrogens is 3. The molecule has 0 unspecified atom stereocenters. The van der Waals surface area contributed by atoms with Gasteiger partial charge in [0.15, 0.2) is 8.32 Å². The minimum absolute atomic E-state index is 0.0180. The number of anilines is 1. The van der Waals surface area contributed by atoms with Gasteiger partial charge >= 0.3 is 0 Å². The molecule has 210 valence electrons. The molecule has 3 atom stereocenters. The Kier molecular flexibility index (Phi) is 8.90. The molecule has 1 aliphatic rings. The van der Waals surface area contributed by atoms with Gasteiger partial charge in [-0.1, -0.05) is 38.4 Å². The summed E-state index contributed by atoms with van der Waals surface area (Å²) in [4.78, 5) is 22.2. The summed E-state index contributed by atoms with van der Waals surface area (Å²) in [6.07, 6.45) is 2.61. The maximum absolute atomic E-state index is 14.2. The van der Waals surface area contributed by atoms with E-state index in [2.05, 4.69) is 49.1 Å². The Balaban J connectivity index is 1.63. The molecule has 1 aromatic carbocycles. The van der Waals surface area contributed by atoms with Gasteiger partial charge < -0.3 is 19.0 Å². The molecule has 4 rings (SSSR count). The fourth-order valence-electron chi connectivity index (χ4n) is 4.09. The average Bonchev–Trinajstić information content (AvgIpc) is 2.88. The Morgan fingerprint density at radius 2 is 2.03 bits per heavy atom. The largest absolute Gasteiger partial charge is 0.414 e. The zero-order valence-electron chi connectivity index (χ0n) is 22.9. The second kappa shape index (κ2) is 11.8. The first-order valence-electron chi connectivity index (χ1n) is 13.0. The molecule has 0 saturated carbocycles. The fourth-order valence-corrected chi connectivity index (χ4v) is 5.28. The minimum Gasteiger partial charge on any atom is -0.414 e. The number of halogens is 3. The fraction of sp³-hybridized carbons (Fsp3) is 0.464. The smallest absolute Gasteiger partial charge is 0.251 e. The van der Waals surface area contributed by atoms with Crippen LogP contribution in [-0.2, 0) is 9.16 Å². The van der Waals surface area contributed by atoms with Gasteiger partial charge in [-0.15, -0.1) is 0 Å². The molecular formula is C28H35ClF2N4O3Si. The third kappa shape index (κ3) is 6.92. The molecule has 3 heterocycles. The molecule has 0 amide bonds. The predicted octanol–water partition coefficient (Wildman–Crippen LogP) is 6.25. The van der Waals surface area contributed by atoms with E-state index in [1.165, 1.54) is 18.2 Å².